The molecule has 0 spiro atoms. The number of benzene rings is 4. The summed E-state index contributed by atoms with van der Waals surface area (Å²) in [5, 5.41) is 12.7. The van der Waals surface area contributed by atoms with E-state index in [2.05, 4.69) is 0 Å². The fourth-order valence-corrected chi connectivity index (χ4v) is 4.56. The maximum absolute atomic E-state index is 13.4. The Kier molecular flexibility index (Phi) is 3.82. The monoisotopic (exact) mass is 346 g/mol. The molecule has 122 valence electrons. The van der Waals surface area contributed by atoms with Crippen molar-refractivity contribution >= 4 is 38.3 Å². The summed E-state index contributed by atoms with van der Waals surface area (Å²) < 4.78 is 13.4. The third-order valence-electron chi connectivity index (χ3n) is 4.25. The zero-order chi connectivity index (χ0) is 17.4. The van der Waals surface area contributed by atoms with Gasteiger partial charge in [0.2, 0.25) is 0 Å². The third kappa shape index (κ3) is 2.61. The van der Waals surface area contributed by atoms with Crippen LogP contribution in [0.25, 0.3) is 21.5 Å². The molecule has 0 aliphatic rings. The highest BCUT2D eigenvalue weighted by Gasteiger charge is 2.18. The van der Waals surface area contributed by atoms with Gasteiger partial charge in [-0.15, -0.1) is 0 Å². The highest BCUT2D eigenvalue weighted by molar-refractivity contribution is 7.85. The van der Waals surface area contributed by atoms with Gasteiger partial charge in [0.05, 0.1) is 26.2 Å². The zero-order valence-electron chi connectivity index (χ0n) is 13.2. The molecular formula is C21H14O3S. The van der Waals surface area contributed by atoms with Gasteiger partial charge in [0, 0.05) is 5.39 Å². The van der Waals surface area contributed by atoms with E-state index in [0.29, 0.717) is 15.2 Å². The Hall–Kier alpha value is -2.98. The molecule has 1 atom stereocenters. The minimum atomic E-state index is -1.49. The minimum Gasteiger partial charge on any atom is -0.478 e. The third-order valence-corrected chi connectivity index (χ3v) is 5.74. The van der Waals surface area contributed by atoms with Gasteiger partial charge in [-0.3, -0.25) is 0 Å². The van der Waals surface area contributed by atoms with E-state index >= 15 is 0 Å². The second kappa shape index (κ2) is 6.15. The van der Waals surface area contributed by atoms with Gasteiger partial charge in [-0.05, 0) is 34.4 Å². The lowest BCUT2D eigenvalue weighted by Crippen LogP contribution is -2.02. The van der Waals surface area contributed by atoms with Crippen molar-refractivity contribution in [2.45, 2.75) is 9.79 Å². The van der Waals surface area contributed by atoms with Crippen LogP contribution in [0.4, 0.5) is 0 Å². The molecule has 0 heterocycles. The van der Waals surface area contributed by atoms with Gasteiger partial charge in [0.1, 0.15) is 0 Å². The molecule has 4 heteroatoms. The molecule has 0 unspecified atom stereocenters. The Labute approximate surface area is 147 Å². The summed E-state index contributed by atoms with van der Waals surface area (Å²) in [5.74, 6) is -1.02. The van der Waals surface area contributed by atoms with Crippen molar-refractivity contribution in [1.82, 2.24) is 0 Å². The van der Waals surface area contributed by atoms with Crippen LogP contribution in [-0.4, -0.2) is 15.3 Å². The quantitative estimate of drug-likeness (QED) is 0.576. The van der Waals surface area contributed by atoms with Crippen molar-refractivity contribution in [2.75, 3.05) is 0 Å². The highest BCUT2D eigenvalue weighted by Crippen LogP contribution is 2.31. The highest BCUT2D eigenvalue weighted by atomic mass is 32.2. The summed E-state index contributed by atoms with van der Waals surface area (Å²) in [4.78, 5) is 12.8. The van der Waals surface area contributed by atoms with E-state index in [1.54, 1.807) is 18.2 Å². The molecule has 0 aliphatic carbocycles. The molecule has 0 fully saturated rings. The molecule has 0 radical (unpaired) electrons. The van der Waals surface area contributed by atoms with Gasteiger partial charge in [0.25, 0.3) is 0 Å². The average Bonchev–Trinajstić information content (AvgIpc) is 2.66. The molecule has 0 aliphatic heterocycles. The number of fused-ring (bicyclic) bond motifs is 2. The predicted molar refractivity (Wildman–Crippen MR) is 99.5 cm³/mol. The van der Waals surface area contributed by atoms with E-state index in [1.807, 2.05) is 60.7 Å². The Morgan fingerprint density at radius 2 is 1.32 bits per heavy atom. The Balaban J connectivity index is 2.01. The summed E-state index contributed by atoms with van der Waals surface area (Å²) in [5.41, 5.74) is 0.168. The molecule has 4 aromatic carbocycles. The fourth-order valence-electron chi connectivity index (χ4n) is 3.12. The maximum Gasteiger partial charge on any atom is 0.336 e. The van der Waals surface area contributed by atoms with Gasteiger partial charge in [-0.1, -0.05) is 60.7 Å². The summed E-state index contributed by atoms with van der Waals surface area (Å²) in [6, 6.07) is 23.9. The second-order valence-electron chi connectivity index (χ2n) is 5.71. The number of hydrogen-bond acceptors (Lipinski definition) is 2. The molecule has 0 saturated carbocycles. The first-order valence-electron chi connectivity index (χ1n) is 7.81. The summed E-state index contributed by atoms with van der Waals surface area (Å²) in [7, 11) is -1.49. The first kappa shape index (κ1) is 15.5. The molecule has 4 aromatic rings. The van der Waals surface area contributed by atoms with E-state index in [4.69, 9.17) is 0 Å². The molecule has 25 heavy (non-hydrogen) atoms. The van der Waals surface area contributed by atoms with Crippen molar-refractivity contribution < 1.29 is 14.1 Å². The molecule has 0 bridgehead atoms. The molecule has 0 saturated heterocycles. The van der Waals surface area contributed by atoms with Crippen LogP contribution in [0.1, 0.15) is 10.4 Å². The molecular weight excluding hydrogens is 332 g/mol. The van der Waals surface area contributed by atoms with Crippen LogP contribution in [0.2, 0.25) is 0 Å². The van der Waals surface area contributed by atoms with E-state index in [9.17, 15) is 14.1 Å². The van der Waals surface area contributed by atoms with Crippen molar-refractivity contribution in [1.29, 1.82) is 0 Å². The van der Waals surface area contributed by atoms with E-state index in [-0.39, 0.29) is 5.56 Å². The Morgan fingerprint density at radius 1 is 0.720 bits per heavy atom. The van der Waals surface area contributed by atoms with Crippen molar-refractivity contribution in [3.05, 3.63) is 84.4 Å². The number of carbonyl (C=O) groups is 1. The van der Waals surface area contributed by atoms with Crippen molar-refractivity contribution in [3.8, 4) is 0 Å². The molecule has 1 N–H and O–H groups in total. The van der Waals surface area contributed by atoms with Crippen LogP contribution in [0.15, 0.2) is 88.7 Å². The van der Waals surface area contributed by atoms with Crippen LogP contribution in [0.3, 0.4) is 0 Å². The van der Waals surface area contributed by atoms with E-state index in [1.165, 1.54) is 0 Å². The molecule has 0 amide bonds. The van der Waals surface area contributed by atoms with Gasteiger partial charge in [-0.25, -0.2) is 9.00 Å². The van der Waals surface area contributed by atoms with E-state index in [0.717, 1.165) is 16.2 Å². The number of carboxylic acid groups (broad SMARTS) is 1. The summed E-state index contributed by atoms with van der Waals surface area (Å²) in [6.07, 6.45) is 0. The standard InChI is InChI=1S/C21H14O3S/c22-21(23)17-11-3-8-15-9-5-13-19(20(15)17)25(24)18-12-4-7-14-6-1-2-10-16(14)18/h1-13H,(H,22,23)/t25-/m0/s1. The van der Waals surface area contributed by atoms with Crippen LogP contribution < -0.4 is 0 Å². The van der Waals surface area contributed by atoms with Gasteiger partial charge >= 0.3 is 5.97 Å². The lowest BCUT2D eigenvalue weighted by atomic mass is 10.0. The SMILES string of the molecule is O=C(O)c1cccc2cccc([S@@](=O)c3cccc4ccccc34)c12. The van der Waals surface area contributed by atoms with Crippen LogP contribution in [0, 0.1) is 0 Å². The second-order valence-corrected chi connectivity index (χ2v) is 7.13. The molecule has 4 rings (SSSR count). The Bertz CT molecular complexity index is 1140. The van der Waals surface area contributed by atoms with Gasteiger partial charge in [-0.2, -0.15) is 0 Å². The minimum absolute atomic E-state index is 0.168. The van der Waals surface area contributed by atoms with E-state index < -0.39 is 16.8 Å². The van der Waals surface area contributed by atoms with Crippen LogP contribution in [-0.2, 0) is 10.8 Å². The predicted octanol–water partition coefficient (Wildman–Crippen LogP) is 4.86. The van der Waals surface area contributed by atoms with Crippen molar-refractivity contribution in [3.63, 3.8) is 0 Å². The molecule has 0 aromatic heterocycles. The lowest BCUT2D eigenvalue weighted by molar-refractivity contribution is 0.0699. The smallest absolute Gasteiger partial charge is 0.336 e. The Morgan fingerprint density at radius 3 is 2.08 bits per heavy atom. The summed E-state index contributed by atoms with van der Waals surface area (Å²) in [6.45, 7) is 0. The number of hydrogen-bond donors (Lipinski definition) is 1. The average molecular weight is 346 g/mol. The maximum atomic E-state index is 13.4. The lowest BCUT2D eigenvalue weighted by Gasteiger charge is -2.11. The van der Waals surface area contributed by atoms with Crippen LogP contribution >= 0.6 is 0 Å². The first-order chi connectivity index (χ1) is 12.2. The largest absolute Gasteiger partial charge is 0.478 e. The fraction of sp³-hybridized carbons (Fsp3) is 0. The molecule has 3 nitrogen and oxygen atoms in total. The van der Waals surface area contributed by atoms with Crippen molar-refractivity contribution in [2.24, 2.45) is 0 Å². The number of rotatable bonds is 3. The van der Waals surface area contributed by atoms with Gasteiger partial charge < -0.3 is 5.11 Å². The van der Waals surface area contributed by atoms with Gasteiger partial charge in [0.15, 0.2) is 0 Å². The first-order valence-corrected chi connectivity index (χ1v) is 8.96. The topological polar surface area (TPSA) is 54.4 Å². The number of carboxylic acids is 1. The zero-order valence-corrected chi connectivity index (χ0v) is 14.0. The summed E-state index contributed by atoms with van der Waals surface area (Å²) >= 11 is 0. The normalized spacial score (nSPS) is 12.3. The van der Waals surface area contributed by atoms with Crippen LogP contribution in [0.5, 0.6) is 0 Å². The number of aromatic carboxylic acids is 1.